The van der Waals surface area contributed by atoms with Crippen molar-refractivity contribution < 1.29 is 14.6 Å². The third-order valence-electron chi connectivity index (χ3n) is 6.06. The topological polar surface area (TPSA) is 38.7 Å². The summed E-state index contributed by atoms with van der Waals surface area (Å²) in [6.45, 7) is 24.6. The highest BCUT2D eigenvalue weighted by molar-refractivity contribution is 4.92. The van der Waals surface area contributed by atoms with Gasteiger partial charge in [0.15, 0.2) is 0 Å². The van der Waals surface area contributed by atoms with Crippen molar-refractivity contribution in [2.45, 2.75) is 99.4 Å². The molecule has 0 bridgehead atoms. The number of ether oxygens (including phenoxy) is 2. The fourth-order valence-electron chi connectivity index (χ4n) is 2.05. The van der Waals surface area contributed by atoms with Gasteiger partial charge in [-0.1, -0.05) is 34.6 Å². The first-order valence-electron chi connectivity index (χ1n) is 9.03. The van der Waals surface area contributed by atoms with Gasteiger partial charge in [-0.25, -0.2) is 0 Å². The largest absolute Gasteiger partial charge is 0.390 e. The Labute approximate surface area is 145 Å². The second-order valence-corrected chi connectivity index (χ2v) is 9.61. The molecule has 3 heteroatoms. The number of aliphatic hydroxyl groups is 1. The van der Waals surface area contributed by atoms with Crippen molar-refractivity contribution in [2.75, 3.05) is 13.2 Å². The molecule has 0 saturated carbocycles. The van der Waals surface area contributed by atoms with E-state index < -0.39 is 5.60 Å². The number of rotatable bonds is 10. The summed E-state index contributed by atoms with van der Waals surface area (Å²) in [5.41, 5.74) is -1.13. The van der Waals surface area contributed by atoms with Crippen LogP contribution < -0.4 is 0 Å². The summed E-state index contributed by atoms with van der Waals surface area (Å²) >= 11 is 0. The lowest BCUT2D eigenvalue weighted by Gasteiger charge is -2.46. The van der Waals surface area contributed by atoms with Gasteiger partial charge in [-0.2, -0.15) is 0 Å². The van der Waals surface area contributed by atoms with E-state index in [-0.39, 0.29) is 16.6 Å². The van der Waals surface area contributed by atoms with Gasteiger partial charge >= 0.3 is 0 Å². The summed E-state index contributed by atoms with van der Waals surface area (Å²) in [4.78, 5) is 0. The van der Waals surface area contributed by atoms with Crippen LogP contribution in [0, 0.1) is 17.3 Å². The third-order valence-corrected chi connectivity index (χ3v) is 6.06. The molecule has 23 heavy (non-hydrogen) atoms. The van der Waals surface area contributed by atoms with Crippen LogP contribution in [0.4, 0.5) is 0 Å². The van der Waals surface area contributed by atoms with Crippen LogP contribution in [0.2, 0.25) is 0 Å². The predicted octanol–water partition coefficient (Wildman–Crippen LogP) is 5.06. The molecule has 0 spiro atoms. The van der Waals surface area contributed by atoms with E-state index in [2.05, 4.69) is 62.3 Å². The van der Waals surface area contributed by atoms with Crippen LogP contribution in [0.1, 0.15) is 82.6 Å². The molecule has 3 nitrogen and oxygen atoms in total. The van der Waals surface area contributed by atoms with Crippen LogP contribution in [-0.4, -0.2) is 35.1 Å². The summed E-state index contributed by atoms with van der Waals surface area (Å²) < 4.78 is 12.4. The second-order valence-electron chi connectivity index (χ2n) is 9.61. The normalized spacial score (nSPS) is 16.0. The minimum absolute atomic E-state index is 0.0420. The highest BCUT2D eigenvalue weighted by atomic mass is 16.5. The van der Waals surface area contributed by atoms with Crippen molar-refractivity contribution in [1.82, 2.24) is 0 Å². The first-order chi connectivity index (χ1) is 10.0. The van der Waals surface area contributed by atoms with E-state index in [9.17, 15) is 5.11 Å². The fraction of sp³-hybridized carbons (Fsp3) is 1.00. The van der Waals surface area contributed by atoms with E-state index in [1.807, 2.05) is 13.8 Å². The molecule has 140 valence electrons. The lowest BCUT2D eigenvalue weighted by Crippen LogP contribution is -2.48. The highest BCUT2D eigenvalue weighted by Crippen LogP contribution is 2.41. The molecule has 1 N–H and O–H groups in total. The van der Waals surface area contributed by atoms with E-state index >= 15 is 0 Å². The van der Waals surface area contributed by atoms with Gasteiger partial charge in [0.25, 0.3) is 0 Å². The molecule has 0 aliphatic heterocycles. The maximum atomic E-state index is 9.85. The van der Waals surface area contributed by atoms with Gasteiger partial charge in [0.05, 0.1) is 30.0 Å². The average Bonchev–Trinajstić information content (AvgIpc) is 2.33. The zero-order valence-electron chi connectivity index (χ0n) is 17.5. The first kappa shape index (κ1) is 22.9. The Morgan fingerprint density at radius 2 is 1.30 bits per heavy atom. The maximum absolute atomic E-state index is 9.85. The Kier molecular flexibility index (Phi) is 7.80. The molecule has 0 aromatic carbocycles. The molecule has 0 rings (SSSR count). The quantitative estimate of drug-likeness (QED) is 0.609. The van der Waals surface area contributed by atoms with Gasteiger partial charge in [0.1, 0.15) is 0 Å². The zero-order valence-corrected chi connectivity index (χ0v) is 17.5. The van der Waals surface area contributed by atoms with E-state index in [0.29, 0.717) is 24.9 Å². The van der Waals surface area contributed by atoms with Crippen molar-refractivity contribution in [3.63, 3.8) is 0 Å². The smallest absolute Gasteiger partial charge is 0.0680 e. The van der Waals surface area contributed by atoms with E-state index in [0.717, 1.165) is 6.61 Å². The molecule has 0 aromatic rings. The summed E-state index contributed by atoms with van der Waals surface area (Å²) in [5.74, 6) is 0.839. The monoisotopic (exact) mass is 330 g/mol. The van der Waals surface area contributed by atoms with Gasteiger partial charge < -0.3 is 14.6 Å². The first-order valence-corrected chi connectivity index (χ1v) is 9.03. The molecule has 1 atom stereocenters. The molecule has 0 aliphatic carbocycles. The van der Waals surface area contributed by atoms with Crippen LogP contribution in [0.3, 0.4) is 0 Å². The van der Waals surface area contributed by atoms with Gasteiger partial charge in [-0.3, -0.25) is 0 Å². The highest BCUT2D eigenvalue weighted by Gasteiger charge is 2.43. The average molecular weight is 331 g/mol. The molecule has 1 unspecified atom stereocenters. The van der Waals surface area contributed by atoms with Crippen molar-refractivity contribution in [2.24, 2.45) is 17.3 Å². The summed E-state index contributed by atoms with van der Waals surface area (Å²) in [6, 6.07) is 0. The zero-order chi connectivity index (χ0) is 18.7. The summed E-state index contributed by atoms with van der Waals surface area (Å²) in [7, 11) is 0. The van der Waals surface area contributed by atoms with Gasteiger partial charge in [0, 0.05) is 0 Å². The minimum atomic E-state index is -0.684. The van der Waals surface area contributed by atoms with Crippen molar-refractivity contribution in [1.29, 1.82) is 0 Å². The number of hydrogen-bond donors (Lipinski definition) is 1. The molecular formula is C20H42O3. The van der Waals surface area contributed by atoms with Crippen molar-refractivity contribution in [3.05, 3.63) is 0 Å². The van der Waals surface area contributed by atoms with Crippen LogP contribution in [-0.2, 0) is 9.47 Å². The molecule has 0 saturated heterocycles. The summed E-state index contributed by atoms with van der Waals surface area (Å²) in [5, 5.41) is 9.85. The van der Waals surface area contributed by atoms with Crippen LogP contribution in [0.25, 0.3) is 0 Å². The molecule has 0 aliphatic rings. The van der Waals surface area contributed by atoms with Crippen LogP contribution in [0.5, 0.6) is 0 Å². The van der Waals surface area contributed by atoms with Crippen molar-refractivity contribution >= 4 is 0 Å². The van der Waals surface area contributed by atoms with E-state index in [1.54, 1.807) is 0 Å². The third kappa shape index (κ3) is 7.11. The van der Waals surface area contributed by atoms with E-state index in [1.165, 1.54) is 0 Å². The SMILES string of the molecule is CC(C)C(C)(C)OCC(C)C(C)(C)C(C)(C)OCCC(C)(C)O. The van der Waals surface area contributed by atoms with Crippen molar-refractivity contribution in [3.8, 4) is 0 Å². The second kappa shape index (κ2) is 7.84. The van der Waals surface area contributed by atoms with Crippen LogP contribution in [0.15, 0.2) is 0 Å². The Morgan fingerprint density at radius 1 is 0.826 bits per heavy atom. The number of hydrogen-bond acceptors (Lipinski definition) is 3. The van der Waals surface area contributed by atoms with Crippen LogP contribution >= 0.6 is 0 Å². The molecule has 0 amide bonds. The molecule has 0 fully saturated rings. The fourth-order valence-corrected chi connectivity index (χ4v) is 2.05. The predicted molar refractivity (Wildman–Crippen MR) is 98.8 cm³/mol. The molecular weight excluding hydrogens is 288 g/mol. The van der Waals surface area contributed by atoms with E-state index in [4.69, 9.17) is 9.47 Å². The lowest BCUT2D eigenvalue weighted by molar-refractivity contribution is -0.150. The molecule has 0 aromatic heterocycles. The Bertz CT molecular complexity index is 348. The maximum Gasteiger partial charge on any atom is 0.0680 e. The molecule has 0 heterocycles. The molecule has 0 radical (unpaired) electrons. The van der Waals surface area contributed by atoms with Gasteiger partial charge in [0.2, 0.25) is 0 Å². The van der Waals surface area contributed by atoms with Gasteiger partial charge in [-0.05, 0) is 65.2 Å². The standard InChI is InChI=1S/C20H42O3/c1-15(2)19(8,9)23-14-16(3)18(6,7)20(10,11)22-13-12-17(4,5)21/h15-16,21H,12-14H2,1-11H3. The Balaban J connectivity index is 4.73. The van der Waals surface area contributed by atoms with Gasteiger partial charge in [-0.15, -0.1) is 0 Å². The summed E-state index contributed by atoms with van der Waals surface area (Å²) in [6.07, 6.45) is 0.637. The minimum Gasteiger partial charge on any atom is -0.390 e. The Morgan fingerprint density at radius 3 is 1.70 bits per heavy atom. The Hall–Kier alpha value is -0.120. The lowest BCUT2D eigenvalue weighted by atomic mass is 9.68.